The maximum absolute atomic E-state index is 14.3. The Balaban J connectivity index is 1.31. The van der Waals surface area contributed by atoms with Gasteiger partial charge in [-0.1, -0.05) is 105 Å². The first-order chi connectivity index (χ1) is 24.8. The fourth-order valence-corrected chi connectivity index (χ4v) is 6.81. The third-order valence-corrected chi connectivity index (χ3v) is 9.61. The van der Waals surface area contributed by atoms with E-state index in [9.17, 15) is 19.2 Å². The highest BCUT2D eigenvalue weighted by molar-refractivity contribution is 5.94. The largest absolute Gasteiger partial charge is 0.374 e. The molecule has 0 bridgehead atoms. The molecule has 1 aliphatic rings. The molecule has 0 saturated carbocycles. The van der Waals surface area contributed by atoms with Gasteiger partial charge in [0.05, 0.1) is 13.2 Å². The number of carbonyl (C=O) groups excluding carboxylic acids is 4. The number of ether oxygens (including phenoxy) is 1. The Morgan fingerprint density at radius 2 is 1.45 bits per heavy atom. The quantitative estimate of drug-likeness (QED) is 0.110. The van der Waals surface area contributed by atoms with Crippen LogP contribution in [0.5, 0.6) is 0 Å². The zero-order valence-electron chi connectivity index (χ0n) is 29.7. The lowest BCUT2D eigenvalue weighted by Crippen LogP contribution is -2.58. The van der Waals surface area contributed by atoms with Gasteiger partial charge in [0.1, 0.15) is 18.1 Å². The van der Waals surface area contributed by atoms with Crippen LogP contribution < -0.4 is 16.0 Å². The second kappa shape index (κ2) is 18.9. The maximum Gasteiger partial charge on any atom is 0.245 e. The molecule has 4 aromatic rings. The number of hydrogen-bond donors (Lipinski definition) is 4. The highest BCUT2D eigenvalue weighted by Crippen LogP contribution is 2.28. The number of nitrogens with one attached hydrogen (secondary N) is 4. The topological polar surface area (TPSA) is 133 Å². The van der Waals surface area contributed by atoms with E-state index in [4.69, 9.17) is 4.74 Å². The van der Waals surface area contributed by atoms with Crippen molar-refractivity contribution < 1.29 is 23.9 Å². The van der Waals surface area contributed by atoms with Gasteiger partial charge in [-0.15, -0.1) is 0 Å². The van der Waals surface area contributed by atoms with Crippen LogP contribution in [-0.4, -0.2) is 71.3 Å². The minimum absolute atomic E-state index is 0.0653. The molecule has 5 rings (SSSR count). The van der Waals surface area contributed by atoms with Gasteiger partial charge in [-0.25, -0.2) is 0 Å². The lowest BCUT2D eigenvalue weighted by atomic mass is 9.89. The van der Waals surface area contributed by atoms with Crippen molar-refractivity contribution in [3.8, 4) is 0 Å². The van der Waals surface area contributed by atoms with E-state index in [1.165, 1.54) is 12.5 Å². The Labute approximate surface area is 300 Å². The van der Waals surface area contributed by atoms with Crippen molar-refractivity contribution >= 4 is 34.5 Å². The number of piperidine rings is 1. The fourth-order valence-electron chi connectivity index (χ4n) is 6.81. The lowest BCUT2D eigenvalue weighted by molar-refractivity contribution is -0.138. The van der Waals surface area contributed by atoms with Gasteiger partial charge in [-0.05, 0) is 47.9 Å². The number of aromatic nitrogens is 1. The first-order valence-electron chi connectivity index (χ1n) is 18.2. The van der Waals surface area contributed by atoms with Crippen LogP contribution in [0.15, 0.2) is 91.1 Å². The molecule has 1 aliphatic heterocycles. The molecule has 10 nitrogen and oxygen atoms in total. The van der Waals surface area contributed by atoms with Gasteiger partial charge in [0.25, 0.3) is 0 Å². The number of para-hydroxylation sites is 1. The number of benzene rings is 3. The highest BCUT2D eigenvalue weighted by atomic mass is 16.5. The van der Waals surface area contributed by atoms with E-state index < -0.39 is 29.9 Å². The number of likely N-dealkylation sites (tertiary alicyclic amines) is 1. The van der Waals surface area contributed by atoms with E-state index in [1.54, 1.807) is 0 Å². The zero-order chi connectivity index (χ0) is 36.0. The first kappa shape index (κ1) is 37.3. The predicted molar refractivity (Wildman–Crippen MR) is 199 cm³/mol. The van der Waals surface area contributed by atoms with Crippen LogP contribution in [0.4, 0.5) is 0 Å². The van der Waals surface area contributed by atoms with E-state index in [1.807, 2.05) is 83.9 Å². The molecule has 3 aromatic carbocycles. The van der Waals surface area contributed by atoms with Crippen LogP contribution in [0.25, 0.3) is 10.9 Å². The Hall–Kier alpha value is -4.96. The molecule has 0 spiro atoms. The molecule has 4 N–H and O–H groups in total. The summed E-state index contributed by atoms with van der Waals surface area (Å²) in [4.78, 5) is 59.2. The van der Waals surface area contributed by atoms with Crippen LogP contribution in [0, 0.1) is 0 Å². The summed E-state index contributed by atoms with van der Waals surface area (Å²) in [5.41, 5.74) is 4.10. The minimum atomic E-state index is -0.998. The van der Waals surface area contributed by atoms with Crippen LogP contribution in [0.3, 0.4) is 0 Å². The monoisotopic (exact) mass is 693 g/mol. The Morgan fingerprint density at radius 1 is 0.804 bits per heavy atom. The summed E-state index contributed by atoms with van der Waals surface area (Å²) >= 11 is 0. The molecule has 1 fully saturated rings. The number of unbranched alkanes of at least 4 members (excludes halogenated alkanes) is 2. The summed E-state index contributed by atoms with van der Waals surface area (Å²) in [5, 5.41) is 9.61. The number of hydrogen-bond acceptors (Lipinski definition) is 5. The van der Waals surface area contributed by atoms with Crippen molar-refractivity contribution in [2.45, 2.75) is 89.4 Å². The minimum Gasteiger partial charge on any atom is -0.374 e. The fraction of sp³-hybridized carbons (Fsp3) is 0.415. The van der Waals surface area contributed by atoms with E-state index >= 15 is 0 Å². The molecule has 10 heteroatoms. The van der Waals surface area contributed by atoms with Crippen LogP contribution in [-0.2, 0) is 36.9 Å². The number of fused-ring (bicyclic) bond motifs is 1. The van der Waals surface area contributed by atoms with Crippen molar-refractivity contribution in [1.29, 1.82) is 0 Å². The van der Waals surface area contributed by atoms with Gasteiger partial charge < -0.3 is 30.6 Å². The summed E-state index contributed by atoms with van der Waals surface area (Å²) in [6.07, 6.45) is 6.79. The molecule has 3 atom stereocenters. The molecule has 51 heavy (non-hydrogen) atoms. The molecule has 2 heterocycles. The van der Waals surface area contributed by atoms with E-state index in [-0.39, 0.29) is 25.0 Å². The number of rotatable bonds is 17. The van der Waals surface area contributed by atoms with Gasteiger partial charge in [0.2, 0.25) is 23.6 Å². The van der Waals surface area contributed by atoms with E-state index in [0.29, 0.717) is 38.3 Å². The maximum atomic E-state index is 14.3. The predicted octanol–water partition coefficient (Wildman–Crippen LogP) is 5.39. The van der Waals surface area contributed by atoms with Crippen LogP contribution in [0.1, 0.15) is 75.0 Å². The van der Waals surface area contributed by atoms with Gasteiger partial charge in [0.15, 0.2) is 0 Å². The van der Waals surface area contributed by atoms with Gasteiger partial charge in [-0.2, -0.15) is 0 Å². The first-order valence-corrected chi connectivity index (χ1v) is 18.2. The molecule has 0 unspecified atom stereocenters. The van der Waals surface area contributed by atoms with Gasteiger partial charge >= 0.3 is 0 Å². The number of carbonyl (C=O) groups is 4. The van der Waals surface area contributed by atoms with Crippen molar-refractivity contribution in [2.24, 2.45) is 0 Å². The SMILES string of the molecule is CCCCC[C@H](NC(=O)[C@H](COCc1ccccc1)NC(C)=O)C(=O)N[C@H](Cc1c[nH]c2ccccc12)C(=O)N1CCC(c2ccccc2)CC1. The second-order valence-corrected chi connectivity index (χ2v) is 13.4. The molecular weight excluding hydrogens is 642 g/mol. The molecule has 4 amide bonds. The van der Waals surface area contributed by atoms with Crippen molar-refractivity contribution in [3.63, 3.8) is 0 Å². The molecule has 0 radical (unpaired) electrons. The van der Waals surface area contributed by atoms with Crippen LogP contribution >= 0.6 is 0 Å². The highest BCUT2D eigenvalue weighted by Gasteiger charge is 2.33. The summed E-state index contributed by atoms with van der Waals surface area (Å²) in [5.74, 6) is -1.08. The van der Waals surface area contributed by atoms with E-state index in [0.717, 1.165) is 47.7 Å². The summed E-state index contributed by atoms with van der Waals surface area (Å²) in [6, 6.07) is 25.1. The van der Waals surface area contributed by atoms with Gasteiger partial charge in [0, 0.05) is 43.5 Å². The summed E-state index contributed by atoms with van der Waals surface area (Å²) in [7, 11) is 0. The van der Waals surface area contributed by atoms with Crippen molar-refractivity contribution in [3.05, 3.63) is 108 Å². The third-order valence-electron chi connectivity index (χ3n) is 9.61. The van der Waals surface area contributed by atoms with Gasteiger partial charge in [-0.3, -0.25) is 19.2 Å². The number of nitrogens with zero attached hydrogens (tertiary/aromatic N) is 1. The number of amides is 4. The Kier molecular flexibility index (Phi) is 13.8. The van der Waals surface area contributed by atoms with Crippen LogP contribution in [0.2, 0.25) is 0 Å². The molecule has 1 aromatic heterocycles. The smallest absolute Gasteiger partial charge is 0.245 e. The summed E-state index contributed by atoms with van der Waals surface area (Å²) < 4.78 is 5.81. The second-order valence-electron chi connectivity index (χ2n) is 13.4. The Morgan fingerprint density at radius 3 is 2.16 bits per heavy atom. The number of H-pyrrole nitrogens is 1. The van der Waals surface area contributed by atoms with Crippen molar-refractivity contribution in [1.82, 2.24) is 25.8 Å². The normalized spacial score (nSPS) is 15.1. The summed E-state index contributed by atoms with van der Waals surface area (Å²) in [6.45, 7) is 4.80. The number of aromatic amines is 1. The average molecular weight is 694 g/mol. The molecule has 270 valence electrons. The molecule has 0 aliphatic carbocycles. The lowest BCUT2D eigenvalue weighted by Gasteiger charge is -2.35. The Bertz CT molecular complexity index is 1720. The zero-order valence-corrected chi connectivity index (χ0v) is 29.7. The standard InChI is InChI=1S/C41H51N5O5/c1-3-4-7-20-36(44-40(49)38(43-29(2)47)28-51-27-30-14-8-5-9-15-30)39(48)45-37(25-33-26-42-35-19-13-12-18-34(33)35)41(50)46-23-21-32(22-24-46)31-16-10-6-11-17-31/h5-6,8-19,26,32,36-38,42H,3-4,7,20-25,27-28H2,1-2H3,(H,43,47)(H,44,49)(H,45,48)/t36-,37+,38-/m0/s1. The third kappa shape index (κ3) is 10.8. The van der Waals surface area contributed by atoms with E-state index in [2.05, 4.69) is 40.0 Å². The molecule has 1 saturated heterocycles. The van der Waals surface area contributed by atoms with Crippen molar-refractivity contribution in [2.75, 3.05) is 19.7 Å². The molecular formula is C41H51N5O5. The average Bonchev–Trinajstić information content (AvgIpc) is 3.56.